The second kappa shape index (κ2) is 4.70. The minimum Gasteiger partial charge on any atom is -0.393 e. The SMILES string of the molecule is OC[C@H](O)/C=C/c1ccccc1. The maximum absolute atomic E-state index is 8.98. The number of hydrogen-bond acceptors (Lipinski definition) is 2. The molecule has 0 heterocycles. The van der Waals surface area contributed by atoms with Crippen LogP contribution in [0.3, 0.4) is 0 Å². The highest BCUT2D eigenvalue weighted by molar-refractivity contribution is 5.49. The van der Waals surface area contributed by atoms with Gasteiger partial charge >= 0.3 is 0 Å². The molecule has 12 heavy (non-hydrogen) atoms. The fourth-order valence-corrected chi connectivity index (χ4v) is 0.847. The molecule has 0 amide bonds. The largest absolute Gasteiger partial charge is 0.393 e. The normalized spacial score (nSPS) is 13.5. The van der Waals surface area contributed by atoms with E-state index in [0.717, 1.165) is 5.56 Å². The highest BCUT2D eigenvalue weighted by Crippen LogP contribution is 2.01. The van der Waals surface area contributed by atoms with Crippen molar-refractivity contribution in [3.05, 3.63) is 42.0 Å². The molecule has 0 saturated heterocycles. The molecule has 0 aliphatic heterocycles. The lowest BCUT2D eigenvalue weighted by atomic mass is 10.2. The van der Waals surface area contributed by atoms with Gasteiger partial charge in [0.15, 0.2) is 0 Å². The maximum atomic E-state index is 8.98. The molecular weight excluding hydrogens is 152 g/mol. The van der Waals surface area contributed by atoms with Crippen LogP contribution in [-0.2, 0) is 0 Å². The highest BCUT2D eigenvalue weighted by atomic mass is 16.3. The molecule has 0 aliphatic carbocycles. The lowest BCUT2D eigenvalue weighted by Gasteiger charge is -1.97. The summed E-state index contributed by atoms with van der Waals surface area (Å²) in [5.41, 5.74) is 1.02. The van der Waals surface area contributed by atoms with Crippen molar-refractivity contribution in [3.8, 4) is 0 Å². The van der Waals surface area contributed by atoms with Gasteiger partial charge in [-0.15, -0.1) is 0 Å². The van der Waals surface area contributed by atoms with Crippen molar-refractivity contribution in [2.75, 3.05) is 6.61 Å². The number of hydrogen-bond donors (Lipinski definition) is 2. The molecule has 0 radical (unpaired) electrons. The van der Waals surface area contributed by atoms with Gasteiger partial charge in [-0.3, -0.25) is 0 Å². The highest BCUT2D eigenvalue weighted by Gasteiger charge is 1.92. The predicted octanol–water partition coefficient (Wildman–Crippen LogP) is 1.05. The second-order valence-corrected chi connectivity index (χ2v) is 2.52. The zero-order chi connectivity index (χ0) is 8.81. The minimum absolute atomic E-state index is 0.233. The summed E-state index contributed by atoms with van der Waals surface area (Å²) >= 11 is 0. The van der Waals surface area contributed by atoms with Crippen LogP contribution in [0.1, 0.15) is 5.56 Å². The molecule has 0 saturated carbocycles. The lowest BCUT2D eigenvalue weighted by Crippen LogP contribution is -2.06. The van der Waals surface area contributed by atoms with Crippen molar-refractivity contribution < 1.29 is 10.2 Å². The molecule has 0 fully saturated rings. The molecule has 1 rings (SSSR count). The van der Waals surface area contributed by atoms with E-state index >= 15 is 0 Å². The first-order chi connectivity index (χ1) is 5.83. The molecule has 2 N–H and O–H groups in total. The van der Waals surface area contributed by atoms with Crippen LogP contribution in [0.5, 0.6) is 0 Å². The molecule has 0 aliphatic rings. The molecule has 0 spiro atoms. The summed E-state index contributed by atoms with van der Waals surface area (Å²) in [7, 11) is 0. The fourth-order valence-electron chi connectivity index (χ4n) is 0.847. The zero-order valence-corrected chi connectivity index (χ0v) is 6.72. The Morgan fingerprint density at radius 3 is 2.50 bits per heavy atom. The predicted molar refractivity (Wildman–Crippen MR) is 48.6 cm³/mol. The van der Waals surface area contributed by atoms with Crippen molar-refractivity contribution in [3.63, 3.8) is 0 Å². The topological polar surface area (TPSA) is 40.5 Å². The summed E-state index contributed by atoms with van der Waals surface area (Å²) < 4.78 is 0. The van der Waals surface area contributed by atoms with Crippen LogP contribution in [0.2, 0.25) is 0 Å². The Morgan fingerprint density at radius 1 is 1.25 bits per heavy atom. The smallest absolute Gasteiger partial charge is 0.0954 e. The first kappa shape index (κ1) is 8.97. The fraction of sp³-hybridized carbons (Fsp3) is 0.200. The van der Waals surface area contributed by atoms with Gasteiger partial charge in [-0.1, -0.05) is 42.5 Å². The summed E-state index contributed by atoms with van der Waals surface area (Å²) in [6.45, 7) is -0.233. The van der Waals surface area contributed by atoms with Crippen LogP contribution in [0.15, 0.2) is 36.4 Å². The van der Waals surface area contributed by atoms with E-state index in [0.29, 0.717) is 0 Å². The summed E-state index contributed by atoms with van der Waals surface area (Å²) in [6.07, 6.45) is 2.58. The number of benzene rings is 1. The van der Waals surface area contributed by atoms with Crippen molar-refractivity contribution in [2.45, 2.75) is 6.10 Å². The van der Waals surface area contributed by atoms with Gasteiger partial charge in [-0.25, -0.2) is 0 Å². The number of aliphatic hydroxyl groups excluding tert-OH is 2. The first-order valence-electron chi connectivity index (χ1n) is 3.85. The monoisotopic (exact) mass is 164 g/mol. The van der Waals surface area contributed by atoms with E-state index in [4.69, 9.17) is 10.2 Å². The van der Waals surface area contributed by atoms with Crippen LogP contribution in [-0.4, -0.2) is 22.9 Å². The standard InChI is InChI=1S/C10H12O2/c11-8-10(12)7-6-9-4-2-1-3-5-9/h1-7,10-12H,8H2/b7-6+/t10-/m1/s1. The third-order valence-corrected chi connectivity index (χ3v) is 1.50. The van der Waals surface area contributed by atoms with Gasteiger partial charge < -0.3 is 10.2 Å². The lowest BCUT2D eigenvalue weighted by molar-refractivity contribution is 0.131. The van der Waals surface area contributed by atoms with E-state index in [1.807, 2.05) is 30.3 Å². The molecule has 0 bridgehead atoms. The van der Waals surface area contributed by atoms with Gasteiger partial charge in [-0.2, -0.15) is 0 Å². The molecule has 1 atom stereocenters. The summed E-state index contributed by atoms with van der Waals surface area (Å²) in [5.74, 6) is 0. The van der Waals surface area contributed by atoms with Crippen molar-refractivity contribution in [1.29, 1.82) is 0 Å². The van der Waals surface area contributed by atoms with Gasteiger partial charge in [0.2, 0.25) is 0 Å². The van der Waals surface area contributed by atoms with Crippen LogP contribution in [0.4, 0.5) is 0 Å². The zero-order valence-electron chi connectivity index (χ0n) is 6.72. The second-order valence-electron chi connectivity index (χ2n) is 2.52. The number of aliphatic hydroxyl groups is 2. The van der Waals surface area contributed by atoms with Gasteiger partial charge in [0.25, 0.3) is 0 Å². The molecule has 1 aromatic carbocycles. The van der Waals surface area contributed by atoms with Gasteiger partial charge in [0, 0.05) is 0 Å². The molecule has 2 nitrogen and oxygen atoms in total. The molecule has 0 aromatic heterocycles. The Bertz CT molecular complexity index is 241. The third-order valence-electron chi connectivity index (χ3n) is 1.50. The minimum atomic E-state index is -0.759. The van der Waals surface area contributed by atoms with Crippen molar-refractivity contribution in [2.24, 2.45) is 0 Å². The Hall–Kier alpha value is -1.12. The van der Waals surface area contributed by atoms with Gasteiger partial charge in [0.05, 0.1) is 12.7 Å². The summed E-state index contributed by atoms with van der Waals surface area (Å²) in [4.78, 5) is 0. The van der Waals surface area contributed by atoms with Crippen molar-refractivity contribution >= 4 is 6.08 Å². The summed E-state index contributed by atoms with van der Waals surface area (Å²) in [5, 5.41) is 17.5. The molecular formula is C10H12O2. The van der Waals surface area contributed by atoms with E-state index < -0.39 is 6.10 Å². The quantitative estimate of drug-likeness (QED) is 0.701. The Morgan fingerprint density at radius 2 is 1.92 bits per heavy atom. The van der Waals surface area contributed by atoms with Crippen LogP contribution < -0.4 is 0 Å². The Balaban J connectivity index is 2.58. The number of rotatable bonds is 3. The van der Waals surface area contributed by atoms with Crippen molar-refractivity contribution in [1.82, 2.24) is 0 Å². The molecule has 0 unspecified atom stereocenters. The van der Waals surface area contributed by atoms with Crippen LogP contribution >= 0.6 is 0 Å². The maximum Gasteiger partial charge on any atom is 0.0954 e. The van der Waals surface area contributed by atoms with Gasteiger partial charge in [0.1, 0.15) is 0 Å². The Kier molecular flexibility index (Phi) is 3.51. The van der Waals surface area contributed by atoms with E-state index in [2.05, 4.69) is 0 Å². The van der Waals surface area contributed by atoms with E-state index in [1.165, 1.54) is 0 Å². The summed E-state index contributed by atoms with van der Waals surface area (Å²) in [6, 6.07) is 9.64. The first-order valence-corrected chi connectivity index (χ1v) is 3.85. The average Bonchev–Trinajstić information content (AvgIpc) is 2.16. The van der Waals surface area contributed by atoms with Crippen LogP contribution in [0, 0.1) is 0 Å². The average molecular weight is 164 g/mol. The van der Waals surface area contributed by atoms with Gasteiger partial charge in [-0.05, 0) is 5.56 Å². The molecule has 2 heteroatoms. The molecule has 64 valence electrons. The molecule has 1 aromatic rings. The third kappa shape index (κ3) is 2.86. The van der Waals surface area contributed by atoms with E-state index in [1.54, 1.807) is 12.2 Å². The van der Waals surface area contributed by atoms with Crippen LogP contribution in [0.25, 0.3) is 6.08 Å². The Labute approximate surface area is 71.8 Å². The van der Waals surface area contributed by atoms with E-state index in [9.17, 15) is 0 Å². The van der Waals surface area contributed by atoms with E-state index in [-0.39, 0.29) is 6.61 Å².